The Hall–Kier alpha value is -2.34. The van der Waals surface area contributed by atoms with Crippen molar-refractivity contribution in [2.45, 2.75) is 32.7 Å². The summed E-state index contributed by atoms with van der Waals surface area (Å²) in [5.41, 5.74) is 0. The molecule has 0 aliphatic rings. The van der Waals surface area contributed by atoms with Gasteiger partial charge >= 0.3 is 0 Å². The third kappa shape index (κ3) is 6.97. The van der Waals surface area contributed by atoms with Gasteiger partial charge in [-0.3, -0.25) is 9.59 Å². The van der Waals surface area contributed by atoms with E-state index in [2.05, 4.69) is 24.5 Å². The molecule has 0 bridgehead atoms. The highest BCUT2D eigenvalue weighted by molar-refractivity contribution is 7.10. The number of carbonyl (C=O) groups excluding carboxylic acids is 2. The molecule has 2 amide bonds. The predicted octanol–water partition coefficient (Wildman–Crippen LogP) is 3.76. The van der Waals surface area contributed by atoms with Crippen molar-refractivity contribution in [2.24, 2.45) is 5.92 Å². The van der Waals surface area contributed by atoms with Crippen LogP contribution in [0.3, 0.4) is 0 Å². The molecule has 6 heteroatoms. The molecule has 2 rings (SSSR count). The number of amides is 2. The van der Waals surface area contributed by atoms with E-state index in [0.717, 1.165) is 11.3 Å². The Kier molecular flexibility index (Phi) is 7.47. The average molecular weight is 360 g/mol. The molecule has 0 aliphatic carbocycles. The van der Waals surface area contributed by atoms with Crippen LogP contribution in [0.4, 0.5) is 0 Å². The van der Waals surface area contributed by atoms with E-state index in [9.17, 15) is 9.59 Å². The molecule has 0 radical (unpaired) electrons. The van der Waals surface area contributed by atoms with Gasteiger partial charge < -0.3 is 15.1 Å². The summed E-state index contributed by atoms with van der Waals surface area (Å²) in [5.74, 6) is 0.787. The van der Waals surface area contributed by atoms with Gasteiger partial charge in [-0.15, -0.1) is 11.3 Å². The van der Waals surface area contributed by atoms with Gasteiger partial charge in [0.2, 0.25) is 11.8 Å². The molecule has 0 saturated carbocycles. The molecule has 2 aromatic heterocycles. The SMILES string of the molecule is CC(C)CC(NC(=O)CCNC(=O)/C=C/c1ccco1)c1cccs1. The molecule has 5 nitrogen and oxygen atoms in total. The Labute approximate surface area is 152 Å². The molecule has 134 valence electrons. The molecule has 0 aromatic carbocycles. The van der Waals surface area contributed by atoms with Gasteiger partial charge in [0, 0.05) is 23.9 Å². The summed E-state index contributed by atoms with van der Waals surface area (Å²) in [5, 5.41) is 7.78. The Morgan fingerprint density at radius 3 is 2.76 bits per heavy atom. The van der Waals surface area contributed by atoms with Crippen LogP contribution in [-0.2, 0) is 9.59 Å². The van der Waals surface area contributed by atoms with Crippen LogP contribution >= 0.6 is 11.3 Å². The average Bonchev–Trinajstić information content (AvgIpc) is 3.25. The smallest absolute Gasteiger partial charge is 0.244 e. The first-order valence-electron chi connectivity index (χ1n) is 8.36. The van der Waals surface area contributed by atoms with Crippen LogP contribution in [0.25, 0.3) is 6.08 Å². The van der Waals surface area contributed by atoms with E-state index in [4.69, 9.17) is 4.42 Å². The summed E-state index contributed by atoms with van der Waals surface area (Å²) >= 11 is 1.65. The van der Waals surface area contributed by atoms with Crippen molar-refractivity contribution in [1.82, 2.24) is 10.6 Å². The highest BCUT2D eigenvalue weighted by Crippen LogP contribution is 2.25. The van der Waals surface area contributed by atoms with Crippen LogP contribution in [0.5, 0.6) is 0 Å². The molecule has 1 atom stereocenters. The lowest BCUT2D eigenvalue weighted by atomic mass is 10.0. The zero-order chi connectivity index (χ0) is 18.1. The molecule has 0 aliphatic heterocycles. The van der Waals surface area contributed by atoms with Gasteiger partial charge in [0.15, 0.2) is 0 Å². The first-order valence-corrected chi connectivity index (χ1v) is 9.24. The van der Waals surface area contributed by atoms with Crippen molar-refractivity contribution in [3.05, 3.63) is 52.6 Å². The maximum atomic E-state index is 12.2. The summed E-state index contributed by atoms with van der Waals surface area (Å²) in [6.07, 6.45) is 5.67. The van der Waals surface area contributed by atoms with Gasteiger partial charge in [-0.2, -0.15) is 0 Å². The Balaban J connectivity index is 1.74. The minimum Gasteiger partial charge on any atom is -0.465 e. The first kappa shape index (κ1) is 19.0. The fourth-order valence-electron chi connectivity index (χ4n) is 2.38. The number of furan rings is 1. The number of thiophene rings is 1. The molecule has 2 aromatic rings. The van der Waals surface area contributed by atoms with E-state index in [0.29, 0.717) is 18.2 Å². The van der Waals surface area contributed by atoms with Crippen molar-refractivity contribution in [2.75, 3.05) is 6.54 Å². The first-order chi connectivity index (χ1) is 12.0. The lowest BCUT2D eigenvalue weighted by molar-refractivity contribution is -0.122. The fraction of sp³-hybridized carbons (Fsp3) is 0.368. The lowest BCUT2D eigenvalue weighted by Gasteiger charge is -2.19. The van der Waals surface area contributed by atoms with Crippen molar-refractivity contribution >= 4 is 29.2 Å². The lowest BCUT2D eigenvalue weighted by Crippen LogP contribution is -2.32. The monoisotopic (exact) mass is 360 g/mol. The summed E-state index contributed by atoms with van der Waals surface area (Å²) in [6.45, 7) is 4.57. The summed E-state index contributed by atoms with van der Waals surface area (Å²) < 4.78 is 5.11. The van der Waals surface area contributed by atoms with Crippen molar-refractivity contribution < 1.29 is 14.0 Å². The van der Waals surface area contributed by atoms with Gasteiger partial charge in [-0.25, -0.2) is 0 Å². The van der Waals surface area contributed by atoms with E-state index in [1.54, 1.807) is 35.8 Å². The van der Waals surface area contributed by atoms with E-state index in [1.165, 1.54) is 6.08 Å². The molecular weight excluding hydrogens is 336 g/mol. The van der Waals surface area contributed by atoms with E-state index in [-0.39, 0.29) is 24.3 Å². The number of hydrogen-bond acceptors (Lipinski definition) is 4. The maximum absolute atomic E-state index is 12.2. The fourth-order valence-corrected chi connectivity index (χ4v) is 3.17. The standard InChI is InChI=1S/C19H24N2O3S/c1-14(2)13-16(17-6-4-12-25-17)21-19(23)9-10-20-18(22)8-7-15-5-3-11-24-15/h3-8,11-12,14,16H,9-10,13H2,1-2H3,(H,20,22)(H,21,23)/b8-7+. The second-order valence-corrected chi connectivity index (χ2v) is 7.13. The van der Waals surface area contributed by atoms with Crippen LogP contribution in [0.1, 0.15) is 43.4 Å². The molecule has 0 spiro atoms. The van der Waals surface area contributed by atoms with Gasteiger partial charge in [0.25, 0.3) is 0 Å². The van der Waals surface area contributed by atoms with Gasteiger partial charge in [0.05, 0.1) is 12.3 Å². The third-order valence-electron chi connectivity index (χ3n) is 3.52. The number of carbonyl (C=O) groups is 2. The Morgan fingerprint density at radius 1 is 1.28 bits per heavy atom. The van der Waals surface area contributed by atoms with Crippen LogP contribution in [0, 0.1) is 5.92 Å². The Morgan fingerprint density at radius 2 is 2.12 bits per heavy atom. The van der Waals surface area contributed by atoms with Crippen molar-refractivity contribution in [3.63, 3.8) is 0 Å². The zero-order valence-electron chi connectivity index (χ0n) is 14.5. The quantitative estimate of drug-likeness (QED) is 0.669. The van der Waals surface area contributed by atoms with Gasteiger partial charge in [-0.1, -0.05) is 19.9 Å². The summed E-state index contributed by atoms with van der Waals surface area (Å²) in [6, 6.07) is 7.58. The van der Waals surface area contributed by atoms with Crippen molar-refractivity contribution in [3.8, 4) is 0 Å². The van der Waals surface area contributed by atoms with E-state index < -0.39 is 0 Å². The largest absolute Gasteiger partial charge is 0.465 e. The number of rotatable bonds is 9. The highest BCUT2D eigenvalue weighted by atomic mass is 32.1. The maximum Gasteiger partial charge on any atom is 0.244 e. The molecule has 25 heavy (non-hydrogen) atoms. The number of hydrogen-bond donors (Lipinski definition) is 2. The number of nitrogens with one attached hydrogen (secondary N) is 2. The normalized spacial score (nSPS) is 12.4. The molecular formula is C19H24N2O3S. The highest BCUT2D eigenvalue weighted by Gasteiger charge is 2.16. The van der Waals surface area contributed by atoms with Crippen LogP contribution in [-0.4, -0.2) is 18.4 Å². The van der Waals surface area contributed by atoms with Gasteiger partial charge in [0.1, 0.15) is 5.76 Å². The van der Waals surface area contributed by atoms with E-state index in [1.807, 2.05) is 17.5 Å². The molecule has 2 N–H and O–H groups in total. The Bertz CT molecular complexity index is 676. The molecule has 2 heterocycles. The topological polar surface area (TPSA) is 71.3 Å². The van der Waals surface area contributed by atoms with Gasteiger partial charge in [-0.05, 0) is 42.0 Å². The van der Waals surface area contributed by atoms with Crippen LogP contribution in [0.15, 0.2) is 46.4 Å². The van der Waals surface area contributed by atoms with Crippen LogP contribution in [0.2, 0.25) is 0 Å². The minimum absolute atomic E-state index is 0.0297. The predicted molar refractivity (Wildman–Crippen MR) is 100 cm³/mol. The second-order valence-electron chi connectivity index (χ2n) is 6.15. The molecule has 1 unspecified atom stereocenters. The summed E-state index contributed by atoms with van der Waals surface area (Å²) in [4.78, 5) is 25.0. The summed E-state index contributed by atoms with van der Waals surface area (Å²) in [7, 11) is 0. The van der Waals surface area contributed by atoms with E-state index >= 15 is 0 Å². The van der Waals surface area contributed by atoms with Crippen molar-refractivity contribution in [1.29, 1.82) is 0 Å². The third-order valence-corrected chi connectivity index (χ3v) is 4.51. The molecule has 0 saturated heterocycles. The zero-order valence-corrected chi connectivity index (χ0v) is 15.3. The van der Waals surface area contributed by atoms with Crippen LogP contribution < -0.4 is 10.6 Å². The molecule has 0 fully saturated rings. The second kappa shape index (κ2) is 9.84. The minimum atomic E-state index is -0.249.